The van der Waals surface area contributed by atoms with Crippen molar-refractivity contribution in [3.63, 3.8) is 0 Å². The highest BCUT2D eigenvalue weighted by molar-refractivity contribution is 6.06. The van der Waals surface area contributed by atoms with Gasteiger partial charge in [-0.3, -0.25) is 19.5 Å². The minimum absolute atomic E-state index is 0.147. The highest BCUT2D eigenvalue weighted by Crippen LogP contribution is 2.10. The summed E-state index contributed by atoms with van der Waals surface area (Å²) in [6, 6.07) is -0.447. The first kappa shape index (κ1) is 8.98. The zero-order valence-corrected chi connectivity index (χ0v) is 7.91. The van der Waals surface area contributed by atoms with Crippen molar-refractivity contribution < 1.29 is 9.59 Å². The Bertz CT molecular complexity index is 312. The molecule has 6 nitrogen and oxygen atoms in total. The Morgan fingerprint density at radius 2 is 2.36 bits per heavy atom. The largest absolute Gasteiger partial charge is 0.355 e. The maximum Gasteiger partial charge on any atom is 0.252 e. The van der Waals surface area contributed by atoms with Crippen molar-refractivity contribution >= 4 is 17.8 Å². The predicted octanol–water partition coefficient (Wildman–Crippen LogP) is -1.71. The Morgan fingerprint density at radius 3 is 2.86 bits per heavy atom. The van der Waals surface area contributed by atoms with Gasteiger partial charge in [0.05, 0.1) is 13.0 Å². The van der Waals surface area contributed by atoms with Crippen LogP contribution in [0.5, 0.6) is 0 Å². The van der Waals surface area contributed by atoms with Gasteiger partial charge in [-0.15, -0.1) is 0 Å². The van der Waals surface area contributed by atoms with Gasteiger partial charge in [-0.1, -0.05) is 0 Å². The number of imide groups is 1. The average molecular weight is 196 g/mol. The summed E-state index contributed by atoms with van der Waals surface area (Å²) in [6.07, 6.45) is 0.218. The third kappa shape index (κ3) is 1.43. The minimum atomic E-state index is -0.447. The van der Waals surface area contributed by atoms with Crippen LogP contribution in [0.3, 0.4) is 0 Å². The Morgan fingerprint density at radius 1 is 1.57 bits per heavy atom. The van der Waals surface area contributed by atoms with Crippen molar-refractivity contribution in [1.82, 2.24) is 15.5 Å². The lowest BCUT2D eigenvalue weighted by Crippen LogP contribution is -2.44. The Balaban J connectivity index is 1.99. The number of rotatable bonds is 1. The van der Waals surface area contributed by atoms with Gasteiger partial charge in [0.15, 0.2) is 5.96 Å². The number of likely N-dealkylation sites (N-methyl/N-ethyl adjacent to an activating group) is 1. The number of carbonyl (C=O) groups excluding carboxylic acids is 2. The molecule has 2 rings (SSSR count). The first-order valence-electron chi connectivity index (χ1n) is 4.54. The molecule has 2 heterocycles. The van der Waals surface area contributed by atoms with Gasteiger partial charge in [-0.25, -0.2) is 0 Å². The maximum atomic E-state index is 11.5. The number of likely N-dealkylation sites (tertiary alicyclic amines) is 1. The molecule has 0 bridgehead atoms. The molecule has 0 aromatic heterocycles. The highest BCUT2D eigenvalue weighted by Gasteiger charge is 2.36. The van der Waals surface area contributed by atoms with E-state index >= 15 is 0 Å². The van der Waals surface area contributed by atoms with Gasteiger partial charge in [-0.05, 0) is 0 Å². The number of hydrogen-bond acceptors (Lipinski definition) is 5. The quantitative estimate of drug-likeness (QED) is 0.490. The second kappa shape index (κ2) is 3.28. The third-order valence-electron chi connectivity index (χ3n) is 2.37. The molecule has 2 aliphatic rings. The summed E-state index contributed by atoms with van der Waals surface area (Å²) >= 11 is 0. The summed E-state index contributed by atoms with van der Waals surface area (Å²) in [5.41, 5.74) is 0. The molecular weight excluding hydrogens is 184 g/mol. The van der Waals surface area contributed by atoms with E-state index in [4.69, 9.17) is 0 Å². The Hall–Kier alpha value is -1.59. The fourth-order valence-electron chi connectivity index (χ4n) is 1.53. The fraction of sp³-hybridized carbons (Fsp3) is 0.625. The summed E-state index contributed by atoms with van der Waals surface area (Å²) in [5, 5.41) is 5.91. The van der Waals surface area contributed by atoms with Crippen molar-refractivity contribution in [2.75, 3.05) is 20.1 Å². The van der Waals surface area contributed by atoms with E-state index in [0.29, 0.717) is 12.5 Å². The molecule has 1 saturated heterocycles. The van der Waals surface area contributed by atoms with E-state index in [2.05, 4.69) is 15.6 Å². The molecule has 2 N–H and O–H groups in total. The van der Waals surface area contributed by atoms with Crippen molar-refractivity contribution in [3.8, 4) is 0 Å². The van der Waals surface area contributed by atoms with E-state index in [0.717, 1.165) is 11.4 Å². The molecule has 1 unspecified atom stereocenters. The van der Waals surface area contributed by atoms with Crippen LogP contribution < -0.4 is 10.6 Å². The van der Waals surface area contributed by atoms with Gasteiger partial charge >= 0.3 is 0 Å². The molecule has 0 aromatic carbocycles. The van der Waals surface area contributed by atoms with Crippen LogP contribution in [0.15, 0.2) is 4.99 Å². The highest BCUT2D eigenvalue weighted by atomic mass is 16.2. The smallest absolute Gasteiger partial charge is 0.252 e. The van der Waals surface area contributed by atoms with Crippen LogP contribution in [0.2, 0.25) is 0 Å². The van der Waals surface area contributed by atoms with Crippen molar-refractivity contribution in [2.24, 2.45) is 4.99 Å². The predicted molar refractivity (Wildman–Crippen MR) is 49.6 cm³/mol. The number of hydrogen-bond donors (Lipinski definition) is 2. The number of nitrogens with one attached hydrogen (secondary N) is 2. The van der Waals surface area contributed by atoms with E-state index in [1.807, 2.05) is 0 Å². The number of carbonyl (C=O) groups is 2. The molecule has 1 atom stereocenters. The summed E-state index contributed by atoms with van der Waals surface area (Å²) in [4.78, 5) is 27.9. The SMILES string of the molecule is CN1C(=O)CC(NC2=NCCN2)C1=O. The molecule has 2 aliphatic heterocycles. The number of nitrogens with zero attached hydrogens (tertiary/aromatic N) is 2. The molecular formula is C8H12N4O2. The van der Waals surface area contributed by atoms with Gasteiger partial charge in [0.2, 0.25) is 5.91 Å². The lowest BCUT2D eigenvalue weighted by Gasteiger charge is -2.11. The lowest BCUT2D eigenvalue weighted by atomic mass is 10.2. The number of amides is 2. The third-order valence-corrected chi connectivity index (χ3v) is 2.37. The Labute approximate surface area is 81.4 Å². The molecule has 0 aromatic rings. The van der Waals surface area contributed by atoms with Crippen LogP contribution in [0.1, 0.15) is 6.42 Å². The zero-order chi connectivity index (χ0) is 10.1. The lowest BCUT2D eigenvalue weighted by molar-refractivity contribution is -0.137. The summed E-state index contributed by atoms with van der Waals surface area (Å²) in [5.74, 6) is 0.281. The summed E-state index contributed by atoms with van der Waals surface area (Å²) in [7, 11) is 1.50. The molecule has 6 heteroatoms. The van der Waals surface area contributed by atoms with Crippen molar-refractivity contribution in [1.29, 1.82) is 0 Å². The second-order valence-corrected chi connectivity index (χ2v) is 3.35. The Kier molecular flexibility index (Phi) is 2.11. The molecule has 2 amide bonds. The van der Waals surface area contributed by atoms with Crippen LogP contribution in [-0.4, -0.2) is 48.9 Å². The maximum absolute atomic E-state index is 11.5. The van der Waals surface area contributed by atoms with E-state index in [-0.39, 0.29) is 18.2 Å². The standard InChI is InChI=1S/C8H12N4O2/c1-12-6(13)4-5(7(12)14)11-8-9-2-3-10-8/h5H,2-4H2,1H3,(H2,9,10,11). The van der Waals surface area contributed by atoms with Crippen LogP contribution in [0.4, 0.5) is 0 Å². The van der Waals surface area contributed by atoms with Gasteiger partial charge < -0.3 is 10.6 Å². The van der Waals surface area contributed by atoms with Gasteiger partial charge in [0.1, 0.15) is 6.04 Å². The molecule has 0 radical (unpaired) electrons. The fourth-order valence-corrected chi connectivity index (χ4v) is 1.53. The first-order valence-corrected chi connectivity index (χ1v) is 4.54. The zero-order valence-electron chi connectivity index (χ0n) is 7.91. The van der Waals surface area contributed by atoms with Gasteiger partial charge in [0.25, 0.3) is 5.91 Å². The molecule has 1 fully saturated rings. The van der Waals surface area contributed by atoms with E-state index in [1.54, 1.807) is 0 Å². The molecule has 0 spiro atoms. The number of aliphatic imine (C=N–C) groups is 1. The monoisotopic (exact) mass is 196 g/mol. The van der Waals surface area contributed by atoms with Crippen LogP contribution >= 0.6 is 0 Å². The van der Waals surface area contributed by atoms with E-state index in [9.17, 15) is 9.59 Å². The van der Waals surface area contributed by atoms with Crippen LogP contribution in [0.25, 0.3) is 0 Å². The van der Waals surface area contributed by atoms with Gasteiger partial charge in [-0.2, -0.15) is 0 Å². The van der Waals surface area contributed by atoms with Crippen LogP contribution in [0, 0.1) is 0 Å². The normalized spacial score (nSPS) is 26.5. The second-order valence-electron chi connectivity index (χ2n) is 3.35. The molecule has 0 saturated carbocycles. The van der Waals surface area contributed by atoms with Crippen LogP contribution in [-0.2, 0) is 9.59 Å². The number of guanidine groups is 1. The topological polar surface area (TPSA) is 73.8 Å². The summed E-state index contributed by atoms with van der Waals surface area (Å²) in [6.45, 7) is 1.50. The molecule has 14 heavy (non-hydrogen) atoms. The summed E-state index contributed by atoms with van der Waals surface area (Å²) < 4.78 is 0. The average Bonchev–Trinajstić information content (AvgIpc) is 2.73. The van der Waals surface area contributed by atoms with E-state index < -0.39 is 6.04 Å². The van der Waals surface area contributed by atoms with Crippen molar-refractivity contribution in [3.05, 3.63) is 0 Å². The molecule has 76 valence electrons. The molecule has 0 aliphatic carbocycles. The van der Waals surface area contributed by atoms with E-state index in [1.165, 1.54) is 7.05 Å². The van der Waals surface area contributed by atoms with Crippen molar-refractivity contribution in [2.45, 2.75) is 12.5 Å². The first-order chi connectivity index (χ1) is 6.68. The minimum Gasteiger partial charge on any atom is -0.355 e. The van der Waals surface area contributed by atoms with Gasteiger partial charge in [0, 0.05) is 13.6 Å².